The minimum Gasteiger partial charge on any atom is -0.497 e. The van der Waals surface area contributed by atoms with Gasteiger partial charge in [-0.25, -0.2) is 4.98 Å². The van der Waals surface area contributed by atoms with Gasteiger partial charge < -0.3 is 9.30 Å². The summed E-state index contributed by atoms with van der Waals surface area (Å²) >= 11 is 6.32. The second-order valence-electron chi connectivity index (χ2n) is 6.64. The van der Waals surface area contributed by atoms with E-state index >= 15 is 0 Å². The van der Waals surface area contributed by atoms with Crippen LogP contribution < -0.4 is 4.74 Å². The number of benzene rings is 2. The van der Waals surface area contributed by atoms with Gasteiger partial charge in [0.25, 0.3) is 0 Å². The Balaban J connectivity index is 1.61. The first kappa shape index (κ1) is 18.5. The van der Waals surface area contributed by atoms with Crippen molar-refractivity contribution in [2.24, 2.45) is 5.92 Å². The lowest BCUT2D eigenvalue weighted by Gasteiger charge is -2.18. The Morgan fingerprint density at radius 1 is 1.04 bits per heavy atom. The number of aryl methyl sites for hydroxylation is 2. The lowest BCUT2D eigenvalue weighted by molar-refractivity contribution is 0.388. The van der Waals surface area contributed by atoms with Crippen LogP contribution in [0.25, 0.3) is 0 Å². The Labute approximate surface area is 160 Å². The third-order valence-corrected chi connectivity index (χ3v) is 5.18. The van der Waals surface area contributed by atoms with Crippen LogP contribution in [0.2, 0.25) is 5.02 Å². The molecular formula is C22H25ClN2O. The number of rotatable bonds is 9. The van der Waals surface area contributed by atoms with Crippen molar-refractivity contribution in [2.45, 2.75) is 32.2 Å². The van der Waals surface area contributed by atoms with Gasteiger partial charge in [-0.15, -0.1) is 0 Å². The maximum Gasteiger partial charge on any atom is 0.118 e. The van der Waals surface area contributed by atoms with Crippen LogP contribution in [-0.4, -0.2) is 16.7 Å². The molecule has 0 aliphatic heterocycles. The van der Waals surface area contributed by atoms with Crippen LogP contribution in [0, 0.1) is 5.92 Å². The predicted octanol–water partition coefficient (Wildman–Crippen LogP) is 5.43. The highest BCUT2D eigenvalue weighted by molar-refractivity contribution is 6.31. The van der Waals surface area contributed by atoms with E-state index in [0.717, 1.165) is 43.0 Å². The van der Waals surface area contributed by atoms with Crippen LogP contribution >= 0.6 is 11.6 Å². The highest BCUT2D eigenvalue weighted by Gasteiger charge is 2.12. The van der Waals surface area contributed by atoms with E-state index in [4.69, 9.17) is 16.3 Å². The molecule has 0 aliphatic rings. The molecule has 0 fully saturated rings. The van der Waals surface area contributed by atoms with E-state index in [2.05, 4.69) is 33.8 Å². The second kappa shape index (κ2) is 9.44. The molecule has 136 valence electrons. The quantitative estimate of drug-likeness (QED) is 0.503. The Bertz CT molecular complexity index is 784. The van der Waals surface area contributed by atoms with Gasteiger partial charge in [0.1, 0.15) is 5.75 Å². The molecule has 1 aromatic heterocycles. The molecule has 0 N–H and O–H groups in total. The number of ether oxygens (including phenoxy) is 1. The summed E-state index contributed by atoms with van der Waals surface area (Å²) < 4.78 is 7.41. The summed E-state index contributed by atoms with van der Waals surface area (Å²) in [5.74, 6) is 1.48. The Hall–Kier alpha value is -2.26. The lowest BCUT2D eigenvalue weighted by atomic mass is 9.93. The molecule has 3 nitrogen and oxygen atoms in total. The van der Waals surface area contributed by atoms with Gasteiger partial charge in [0.05, 0.1) is 13.4 Å². The zero-order valence-electron chi connectivity index (χ0n) is 15.1. The molecule has 3 aromatic rings. The molecule has 0 saturated carbocycles. The van der Waals surface area contributed by atoms with Crippen LogP contribution in [0.15, 0.2) is 67.3 Å². The normalized spacial score (nSPS) is 12.1. The summed E-state index contributed by atoms with van der Waals surface area (Å²) in [6.07, 6.45) is 10.1. The fraction of sp³-hybridized carbons (Fsp3) is 0.318. The van der Waals surface area contributed by atoms with E-state index < -0.39 is 0 Å². The average molecular weight is 369 g/mol. The fourth-order valence-electron chi connectivity index (χ4n) is 3.24. The van der Waals surface area contributed by atoms with Gasteiger partial charge in [0.15, 0.2) is 0 Å². The molecule has 3 rings (SSSR count). The molecule has 1 heterocycles. The predicted molar refractivity (Wildman–Crippen MR) is 107 cm³/mol. The van der Waals surface area contributed by atoms with Gasteiger partial charge in [-0.3, -0.25) is 0 Å². The van der Waals surface area contributed by atoms with Gasteiger partial charge in [-0.05, 0) is 60.9 Å². The molecular weight excluding hydrogens is 344 g/mol. The molecule has 0 spiro atoms. The van der Waals surface area contributed by atoms with Gasteiger partial charge in [0.2, 0.25) is 0 Å². The number of halogens is 1. The van der Waals surface area contributed by atoms with E-state index in [-0.39, 0.29) is 0 Å². The summed E-state index contributed by atoms with van der Waals surface area (Å²) in [5.41, 5.74) is 2.58. The number of nitrogens with zero attached hydrogens (tertiary/aromatic N) is 2. The molecule has 1 unspecified atom stereocenters. The second-order valence-corrected chi connectivity index (χ2v) is 7.05. The maximum atomic E-state index is 6.32. The van der Waals surface area contributed by atoms with E-state index in [9.17, 15) is 0 Å². The van der Waals surface area contributed by atoms with Crippen molar-refractivity contribution in [2.75, 3.05) is 7.11 Å². The Morgan fingerprint density at radius 2 is 1.81 bits per heavy atom. The SMILES string of the molecule is COc1ccc(CCC(CCc2ccccc2Cl)Cn2ccnc2)cc1. The summed E-state index contributed by atoms with van der Waals surface area (Å²) in [6, 6.07) is 16.5. The third-order valence-electron chi connectivity index (χ3n) is 4.81. The molecule has 2 aromatic carbocycles. The molecule has 26 heavy (non-hydrogen) atoms. The standard InChI is InChI=1S/C22H25ClN2O/c1-26-21-12-9-18(10-13-21)6-7-19(16-25-15-14-24-17-25)8-11-20-4-2-3-5-22(20)23/h2-5,9-10,12-15,17,19H,6-8,11,16H2,1H3. The third kappa shape index (κ3) is 5.37. The molecule has 4 heteroatoms. The molecule has 0 aliphatic carbocycles. The highest BCUT2D eigenvalue weighted by atomic mass is 35.5. The monoisotopic (exact) mass is 368 g/mol. The zero-order valence-corrected chi connectivity index (χ0v) is 15.9. The summed E-state index contributed by atoms with van der Waals surface area (Å²) in [5, 5.41) is 0.865. The van der Waals surface area contributed by atoms with Gasteiger partial charge in [-0.1, -0.05) is 41.9 Å². The lowest BCUT2D eigenvalue weighted by Crippen LogP contribution is -2.12. The van der Waals surface area contributed by atoms with E-state index in [1.165, 1.54) is 11.1 Å². The zero-order chi connectivity index (χ0) is 18.2. The Kier molecular flexibility index (Phi) is 6.73. The van der Waals surface area contributed by atoms with Gasteiger partial charge in [0, 0.05) is 24.0 Å². The molecule has 1 atom stereocenters. The number of imidazole rings is 1. The summed E-state index contributed by atoms with van der Waals surface area (Å²) in [6.45, 7) is 0.987. The number of hydrogen-bond acceptors (Lipinski definition) is 2. The van der Waals surface area contributed by atoms with Crippen molar-refractivity contribution < 1.29 is 4.74 Å². The number of aromatic nitrogens is 2. The number of methoxy groups -OCH3 is 1. The van der Waals surface area contributed by atoms with E-state index in [1.807, 2.05) is 43.0 Å². The first-order valence-corrected chi connectivity index (χ1v) is 9.44. The van der Waals surface area contributed by atoms with Crippen molar-refractivity contribution in [3.63, 3.8) is 0 Å². The van der Waals surface area contributed by atoms with Gasteiger partial charge >= 0.3 is 0 Å². The van der Waals surface area contributed by atoms with Gasteiger partial charge in [-0.2, -0.15) is 0 Å². The Morgan fingerprint density at radius 3 is 2.50 bits per heavy atom. The highest BCUT2D eigenvalue weighted by Crippen LogP contribution is 2.23. The first-order valence-electron chi connectivity index (χ1n) is 9.06. The molecule has 0 saturated heterocycles. The molecule has 0 amide bonds. The van der Waals surface area contributed by atoms with E-state index in [1.54, 1.807) is 7.11 Å². The van der Waals surface area contributed by atoms with Crippen LogP contribution in [0.4, 0.5) is 0 Å². The largest absolute Gasteiger partial charge is 0.497 e. The maximum absolute atomic E-state index is 6.32. The fourth-order valence-corrected chi connectivity index (χ4v) is 3.47. The van der Waals surface area contributed by atoms with Crippen molar-refractivity contribution in [1.82, 2.24) is 9.55 Å². The minimum atomic E-state index is 0.572. The smallest absolute Gasteiger partial charge is 0.118 e. The van der Waals surface area contributed by atoms with Crippen molar-refractivity contribution in [3.05, 3.63) is 83.4 Å². The van der Waals surface area contributed by atoms with Crippen molar-refractivity contribution in [1.29, 1.82) is 0 Å². The van der Waals surface area contributed by atoms with Crippen LogP contribution in [0.3, 0.4) is 0 Å². The van der Waals surface area contributed by atoms with E-state index in [0.29, 0.717) is 5.92 Å². The molecule has 0 radical (unpaired) electrons. The topological polar surface area (TPSA) is 27.1 Å². The first-order chi connectivity index (χ1) is 12.7. The van der Waals surface area contributed by atoms with Crippen LogP contribution in [-0.2, 0) is 19.4 Å². The summed E-state index contributed by atoms with van der Waals surface area (Å²) in [7, 11) is 1.70. The minimum absolute atomic E-state index is 0.572. The number of hydrogen-bond donors (Lipinski definition) is 0. The van der Waals surface area contributed by atoms with Crippen molar-refractivity contribution >= 4 is 11.6 Å². The van der Waals surface area contributed by atoms with Crippen LogP contribution in [0.1, 0.15) is 24.0 Å². The van der Waals surface area contributed by atoms with Crippen LogP contribution in [0.5, 0.6) is 5.75 Å². The summed E-state index contributed by atoms with van der Waals surface area (Å²) in [4.78, 5) is 4.17. The average Bonchev–Trinajstić information content (AvgIpc) is 3.18. The van der Waals surface area contributed by atoms with Crippen molar-refractivity contribution in [3.8, 4) is 5.75 Å². The molecule has 0 bridgehead atoms.